The Kier molecular flexibility index (Phi) is 16.1. The zero-order chi connectivity index (χ0) is 14.2. The second-order valence-electron chi connectivity index (χ2n) is 6.09. The molecule has 1 unspecified atom stereocenters. The molecular weight excluding hydrogens is 228 g/mol. The van der Waals surface area contributed by atoms with Gasteiger partial charge in [-0.3, -0.25) is 0 Å². The van der Waals surface area contributed by atoms with Gasteiger partial charge in [-0.2, -0.15) is 0 Å². The summed E-state index contributed by atoms with van der Waals surface area (Å²) in [7, 11) is 0. The van der Waals surface area contributed by atoms with E-state index >= 15 is 0 Å². The summed E-state index contributed by atoms with van der Waals surface area (Å²) in [6, 6.07) is 0. The lowest BCUT2D eigenvalue weighted by Crippen LogP contribution is -1.96. The highest BCUT2D eigenvalue weighted by molar-refractivity contribution is 4.59. The second-order valence-corrected chi connectivity index (χ2v) is 6.09. The zero-order valence-corrected chi connectivity index (χ0v) is 13.6. The van der Waals surface area contributed by atoms with Gasteiger partial charge in [-0.05, 0) is 5.92 Å². The summed E-state index contributed by atoms with van der Waals surface area (Å²) in [6.07, 6.45) is 20.7. The highest BCUT2D eigenvalue weighted by Gasteiger charge is 2.02. The summed E-state index contributed by atoms with van der Waals surface area (Å²) < 4.78 is 0. The highest BCUT2D eigenvalue weighted by Crippen LogP contribution is 2.18. The van der Waals surface area contributed by atoms with Gasteiger partial charge < -0.3 is 0 Å². The summed E-state index contributed by atoms with van der Waals surface area (Å²) in [4.78, 5) is 0. The second kappa shape index (κ2) is 16.1. The Labute approximate surface area is 123 Å². The molecule has 0 saturated carbocycles. The van der Waals surface area contributed by atoms with Gasteiger partial charge in [-0.25, -0.2) is 0 Å². The van der Waals surface area contributed by atoms with E-state index in [1.54, 1.807) is 0 Å². The molecule has 0 aliphatic carbocycles. The first-order valence-electron chi connectivity index (χ1n) is 8.93. The predicted molar refractivity (Wildman–Crippen MR) is 89.1 cm³/mol. The van der Waals surface area contributed by atoms with Crippen molar-refractivity contribution < 1.29 is 0 Å². The molecule has 0 aromatic rings. The molecule has 0 N–H and O–H groups in total. The van der Waals surface area contributed by atoms with Gasteiger partial charge in [-0.15, -0.1) is 0 Å². The van der Waals surface area contributed by atoms with Crippen molar-refractivity contribution >= 4 is 0 Å². The smallest absolute Gasteiger partial charge is 0.0417 e. The molecule has 0 heteroatoms. The topological polar surface area (TPSA) is 0 Å². The Balaban J connectivity index is 3.02. The fourth-order valence-electron chi connectivity index (χ4n) is 2.75. The van der Waals surface area contributed by atoms with E-state index in [2.05, 4.69) is 20.8 Å². The van der Waals surface area contributed by atoms with Crippen molar-refractivity contribution in [1.82, 2.24) is 0 Å². The van der Waals surface area contributed by atoms with Crippen LogP contribution in [0.25, 0.3) is 0 Å². The fourth-order valence-corrected chi connectivity index (χ4v) is 2.75. The molecule has 0 spiro atoms. The normalized spacial score (nSPS) is 11.4. The summed E-state index contributed by atoms with van der Waals surface area (Å²) >= 11 is 0. The molecule has 0 fully saturated rings. The van der Waals surface area contributed by atoms with Gasteiger partial charge in [-0.1, -0.05) is 117 Å². The van der Waals surface area contributed by atoms with E-state index < -0.39 is 0 Å². The maximum absolute atomic E-state index is 4.03. The summed E-state index contributed by atoms with van der Waals surface area (Å²) in [5.41, 5.74) is 0. The third-order valence-corrected chi connectivity index (χ3v) is 4.35. The van der Waals surface area contributed by atoms with Gasteiger partial charge in [0.05, 0.1) is 0 Å². The first kappa shape index (κ1) is 19.0. The minimum atomic E-state index is 0.887. The van der Waals surface area contributed by atoms with Crippen LogP contribution in [0.3, 0.4) is 0 Å². The van der Waals surface area contributed by atoms with E-state index in [1.165, 1.54) is 83.5 Å². The van der Waals surface area contributed by atoms with Gasteiger partial charge >= 0.3 is 0 Å². The standard InChI is InChI=1S/C19H38/c1-4-7-8-9-10-11-12-13-14-15-16-17-18-19(5-2)6-3/h19H,1-2,4-18H2,3H3. The molecule has 0 rings (SSSR count). The van der Waals surface area contributed by atoms with Crippen LogP contribution < -0.4 is 0 Å². The Morgan fingerprint density at radius 2 is 1.05 bits per heavy atom. The maximum Gasteiger partial charge on any atom is -0.0417 e. The van der Waals surface area contributed by atoms with Crippen LogP contribution in [0.4, 0.5) is 0 Å². The fraction of sp³-hybridized carbons (Fsp3) is 0.895. The molecule has 0 saturated heterocycles. The van der Waals surface area contributed by atoms with Gasteiger partial charge in [0.15, 0.2) is 0 Å². The lowest BCUT2D eigenvalue weighted by molar-refractivity contribution is 0.440. The van der Waals surface area contributed by atoms with Gasteiger partial charge in [0.1, 0.15) is 0 Å². The van der Waals surface area contributed by atoms with Crippen LogP contribution in [-0.2, 0) is 0 Å². The SMILES string of the molecule is [CH2]CCCCCCCCCCCCCC(C[CH2])CC. The van der Waals surface area contributed by atoms with Gasteiger partial charge in [0, 0.05) is 0 Å². The van der Waals surface area contributed by atoms with Crippen LogP contribution in [0.15, 0.2) is 0 Å². The molecule has 0 aromatic carbocycles. The van der Waals surface area contributed by atoms with Crippen molar-refractivity contribution in [2.24, 2.45) is 5.92 Å². The molecule has 19 heavy (non-hydrogen) atoms. The molecule has 114 valence electrons. The number of rotatable bonds is 15. The van der Waals surface area contributed by atoms with Crippen molar-refractivity contribution in [3.8, 4) is 0 Å². The molecule has 0 heterocycles. The first-order chi connectivity index (χ1) is 9.35. The monoisotopic (exact) mass is 266 g/mol. The van der Waals surface area contributed by atoms with E-state index in [0.29, 0.717) is 0 Å². The average Bonchev–Trinajstić information content (AvgIpc) is 2.44. The Hall–Kier alpha value is 0. The summed E-state index contributed by atoms with van der Waals surface area (Å²) in [5.74, 6) is 0.887. The molecule has 0 bridgehead atoms. The van der Waals surface area contributed by atoms with Crippen LogP contribution in [0.1, 0.15) is 103 Å². The minimum absolute atomic E-state index is 0.887. The average molecular weight is 267 g/mol. The maximum atomic E-state index is 4.03. The number of hydrogen-bond donors (Lipinski definition) is 0. The van der Waals surface area contributed by atoms with E-state index in [-0.39, 0.29) is 0 Å². The highest BCUT2D eigenvalue weighted by atomic mass is 14.1. The van der Waals surface area contributed by atoms with Crippen molar-refractivity contribution in [2.45, 2.75) is 103 Å². The lowest BCUT2D eigenvalue weighted by atomic mass is 9.95. The molecular formula is C19H38. The largest absolute Gasteiger partial charge is 0.0651 e. The van der Waals surface area contributed by atoms with Crippen molar-refractivity contribution in [3.05, 3.63) is 13.8 Å². The van der Waals surface area contributed by atoms with Crippen molar-refractivity contribution in [2.75, 3.05) is 0 Å². The Morgan fingerprint density at radius 1 is 0.632 bits per heavy atom. The van der Waals surface area contributed by atoms with E-state index in [9.17, 15) is 0 Å². The molecule has 0 amide bonds. The van der Waals surface area contributed by atoms with E-state index in [0.717, 1.165) is 18.8 Å². The predicted octanol–water partition coefficient (Wildman–Crippen LogP) is 7.14. The van der Waals surface area contributed by atoms with E-state index in [1.807, 2.05) is 0 Å². The number of unbranched alkanes of at least 4 members (excludes halogenated alkanes) is 11. The van der Waals surface area contributed by atoms with Crippen molar-refractivity contribution in [1.29, 1.82) is 0 Å². The van der Waals surface area contributed by atoms with E-state index in [4.69, 9.17) is 0 Å². The van der Waals surface area contributed by atoms with Gasteiger partial charge in [0.2, 0.25) is 0 Å². The molecule has 2 radical (unpaired) electrons. The molecule has 0 aromatic heterocycles. The van der Waals surface area contributed by atoms with Crippen LogP contribution in [-0.4, -0.2) is 0 Å². The van der Waals surface area contributed by atoms with Crippen LogP contribution in [0.5, 0.6) is 0 Å². The quantitative estimate of drug-likeness (QED) is 0.276. The molecule has 0 nitrogen and oxygen atoms in total. The van der Waals surface area contributed by atoms with Crippen LogP contribution in [0.2, 0.25) is 0 Å². The van der Waals surface area contributed by atoms with Gasteiger partial charge in [0.25, 0.3) is 0 Å². The third-order valence-electron chi connectivity index (χ3n) is 4.35. The van der Waals surface area contributed by atoms with Crippen molar-refractivity contribution in [3.63, 3.8) is 0 Å². The Morgan fingerprint density at radius 3 is 1.42 bits per heavy atom. The molecule has 1 atom stereocenters. The third kappa shape index (κ3) is 14.2. The zero-order valence-electron chi connectivity index (χ0n) is 13.6. The number of hydrogen-bond acceptors (Lipinski definition) is 0. The molecule has 0 aliphatic heterocycles. The lowest BCUT2D eigenvalue weighted by Gasteiger charge is -2.11. The Bertz CT molecular complexity index is 146. The van der Waals surface area contributed by atoms with Crippen LogP contribution in [0, 0.1) is 19.8 Å². The van der Waals surface area contributed by atoms with Crippen LogP contribution >= 0.6 is 0 Å². The summed E-state index contributed by atoms with van der Waals surface area (Å²) in [6.45, 7) is 10.2. The minimum Gasteiger partial charge on any atom is -0.0651 e. The summed E-state index contributed by atoms with van der Waals surface area (Å²) in [5, 5.41) is 0. The first-order valence-corrected chi connectivity index (χ1v) is 8.93. The molecule has 0 aliphatic rings.